The van der Waals surface area contributed by atoms with Gasteiger partial charge in [-0.25, -0.2) is 0 Å². The number of piperazine rings is 1. The van der Waals surface area contributed by atoms with Crippen LogP contribution in [0.4, 0.5) is 0 Å². The molecule has 0 spiro atoms. The standard InChI is InChI=1S/C10H17ClN2O2/c1-3-9(11)10(15)13-6-4-12(5-7-13)8(2)14/h9H,3-7H2,1-2H3. The van der Waals surface area contributed by atoms with Crippen LogP contribution in [0.2, 0.25) is 0 Å². The summed E-state index contributed by atoms with van der Waals surface area (Å²) in [5, 5.41) is -0.422. The number of nitrogens with zero attached hydrogens (tertiary/aromatic N) is 2. The van der Waals surface area contributed by atoms with Crippen LogP contribution in [-0.2, 0) is 9.59 Å². The molecular weight excluding hydrogens is 216 g/mol. The van der Waals surface area contributed by atoms with Crippen molar-refractivity contribution in [2.75, 3.05) is 26.2 Å². The van der Waals surface area contributed by atoms with Crippen LogP contribution in [0.25, 0.3) is 0 Å². The van der Waals surface area contributed by atoms with Gasteiger partial charge in [0.2, 0.25) is 11.8 Å². The number of amides is 2. The van der Waals surface area contributed by atoms with E-state index in [2.05, 4.69) is 0 Å². The van der Waals surface area contributed by atoms with E-state index in [0.29, 0.717) is 32.6 Å². The second kappa shape index (κ2) is 5.35. The first-order valence-corrected chi connectivity index (χ1v) is 5.68. The van der Waals surface area contributed by atoms with Crippen molar-refractivity contribution < 1.29 is 9.59 Å². The molecule has 5 heteroatoms. The van der Waals surface area contributed by atoms with Crippen molar-refractivity contribution in [2.45, 2.75) is 25.6 Å². The van der Waals surface area contributed by atoms with Crippen molar-refractivity contribution in [1.29, 1.82) is 0 Å². The summed E-state index contributed by atoms with van der Waals surface area (Å²) in [5.74, 6) is 0.0578. The van der Waals surface area contributed by atoms with Gasteiger partial charge in [-0.05, 0) is 6.42 Å². The Morgan fingerprint density at radius 1 is 1.20 bits per heavy atom. The van der Waals surface area contributed by atoms with E-state index in [1.165, 1.54) is 0 Å². The van der Waals surface area contributed by atoms with Gasteiger partial charge in [-0.3, -0.25) is 9.59 Å². The minimum atomic E-state index is -0.422. The third-order valence-electron chi connectivity index (χ3n) is 2.66. The molecule has 1 unspecified atom stereocenters. The fourth-order valence-corrected chi connectivity index (χ4v) is 1.75. The summed E-state index contributed by atoms with van der Waals surface area (Å²) in [5.41, 5.74) is 0. The zero-order valence-corrected chi connectivity index (χ0v) is 9.96. The van der Waals surface area contributed by atoms with Gasteiger partial charge in [0.05, 0.1) is 0 Å². The van der Waals surface area contributed by atoms with Crippen LogP contribution in [0.5, 0.6) is 0 Å². The normalized spacial score (nSPS) is 18.9. The Kier molecular flexibility index (Phi) is 4.39. The second-order valence-electron chi connectivity index (χ2n) is 3.71. The Morgan fingerprint density at radius 3 is 2.07 bits per heavy atom. The highest BCUT2D eigenvalue weighted by Crippen LogP contribution is 2.09. The van der Waals surface area contributed by atoms with Gasteiger partial charge in [-0.15, -0.1) is 11.6 Å². The highest BCUT2D eigenvalue weighted by molar-refractivity contribution is 6.30. The van der Waals surface area contributed by atoms with Gasteiger partial charge in [-0.1, -0.05) is 6.92 Å². The van der Waals surface area contributed by atoms with Crippen molar-refractivity contribution in [3.8, 4) is 0 Å². The van der Waals surface area contributed by atoms with Crippen LogP contribution in [0.15, 0.2) is 0 Å². The number of alkyl halides is 1. The quantitative estimate of drug-likeness (QED) is 0.658. The fourth-order valence-electron chi connectivity index (χ4n) is 1.61. The largest absolute Gasteiger partial charge is 0.339 e. The SMILES string of the molecule is CCC(Cl)C(=O)N1CCN(C(C)=O)CC1. The molecule has 1 atom stereocenters. The van der Waals surface area contributed by atoms with Gasteiger partial charge in [0, 0.05) is 33.1 Å². The van der Waals surface area contributed by atoms with Crippen molar-refractivity contribution in [3.05, 3.63) is 0 Å². The van der Waals surface area contributed by atoms with Crippen LogP contribution in [0, 0.1) is 0 Å². The molecule has 1 saturated heterocycles. The Balaban J connectivity index is 2.43. The Labute approximate surface area is 95.2 Å². The lowest BCUT2D eigenvalue weighted by Crippen LogP contribution is -2.51. The number of rotatable bonds is 2. The highest BCUT2D eigenvalue weighted by Gasteiger charge is 2.25. The smallest absolute Gasteiger partial charge is 0.240 e. The van der Waals surface area contributed by atoms with Gasteiger partial charge < -0.3 is 9.80 Å². The van der Waals surface area contributed by atoms with E-state index in [-0.39, 0.29) is 11.8 Å². The predicted molar refractivity (Wildman–Crippen MR) is 58.8 cm³/mol. The maximum absolute atomic E-state index is 11.7. The lowest BCUT2D eigenvalue weighted by atomic mass is 10.2. The maximum Gasteiger partial charge on any atom is 0.240 e. The minimum absolute atomic E-state index is 0.0117. The monoisotopic (exact) mass is 232 g/mol. The van der Waals surface area contributed by atoms with E-state index >= 15 is 0 Å². The molecule has 15 heavy (non-hydrogen) atoms. The molecule has 0 saturated carbocycles. The maximum atomic E-state index is 11.7. The molecule has 0 N–H and O–H groups in total. The van der Waals surface area contributed by atoms with Crippen LogP contribution in [-0.4, -0.2) is 53.2 Å². The molecule has 86 valence electrons. The molecule has 0 aromatic rings. The summed E-state index contributed by atoms with van der Waals surface area (Å²) >= 11 is 5.88. The van der Waals surface area contributed by atoms with E-state index in [1.807, 2.05) is 6.92 Å². The van der Waals surface area contributed by atoms with Crippen LogP contribution in [0.1, 0.15) is 20.3 Å². The predicted octanol–water partition coefficient (Wildman–Crippen LogP) is 0.694. The van der Waals surface area contributed by atoms with E-state index in [9.17, 15) is 9.59 Å². The zero-order chi connectivity index (χ0) is 11.4. The first-order chi connectivity index (χ1) is 7.06. The molecule has 4 nitrogen and oxygen atoms in total. The molecule has 2 amide bonds. The van der Waals surface area contributed by atoms with Crippen LogP contribution >= 0.6 is 11.6 Å². The summed E-state index contributed by atoms with van der Waals surface area (Å²) in [6.07, 6.45) is 0.646. The average molecular weight is 233 g/mol. The molecule has 1 aliphatic rings. The van der Waals surface area contributed by atoms with Gasteiger partial charge in [0.15, 0.2) is 0 Å². The van der Waals surface area contributed by atoms with Crippen molar-refractivity contribution >= 4 is 23.4 Å². The molecular formula is C10H17ClN2O2. The molecule has 0 radical (unpaired) electrons. The van der Waals surface area contributed by atoms with E-state index < -0.39 is 5.38 Å². The van der Waals surface area contributed by atoms with Gasteiger partial charge in [0.1, 0.15) is 5.38 Å². The fraction of sp³-hybridized carbons (Fsp3) is 0.800. The highest BCUT2D eigenvalue weighted by atomic mass is 35.5. The number of carbonyl (C=O) groups is 2. The molecule has 1 fully saturated rings. The molecule has 1 aliphatic heterocycles. The molecule has 1 rings (SSSR count). The summed E-state index contributed by atoms with van der Waals surface area (Å²) in [6.45, 7) is 5.88. The summed E-state index contributed by atoms with van der Waals surface area (Å²) < 4.78 is 0. The van der Waals surface area contributed by atoms with Gasteiger partial charge in [0.25, 0.3) is 0 Å². The average Bonchev–Trinajstić information content (AvgIpc) is 2.27. The zero-order valence-electron chi connectivity index (χ0n) is 9.20. The number of carbonyl (C=O) groups excluding carboxylic acids is 2. The van der Waals surface area contributed by atoms with Crippen molar-refractivity contribution in [3.63, 3.8) is 0 Å². The van der Waals surface area contributed by atoms with Gasteiger partial charge >= 0.3 is 0 Å². The Morgan fingerprint density at radius 2 is 1.67 bits per heavy atom. The molecule has 0 aromatic carbocycles. The summed E-state index contributed by atoms with van der Waals surface area (Å²) in [6, 6.07) is 0. The Hall–Kier alpha value is -0.770. The van der Waals surface area contributed by atoms with E-state index in [1.54, 1.807) is 16.7 Å². The van der Waals surface area contributed by atoms with Gasteiger partial charge in [-0.2, -0.15) is 0 Å². The third kappa shape index (κ3) is 3.09. The second-order valence-corrected chi connectivity index (χ2v) is 4.23. The molecule has 1 heterocycles. The van der Waals surface area contributed by atoms with Crippen molar-refractivity contribution in [1.82, 2.24) is 9.80 Å². The lowest BCUT2D eigenvalue weighted by Gasteiger charge is -2.35. The minimum Gasteiger partial charge on any atom is -0.339 e. The van der Waals surface area contributed by atoms with E-state index in [4.69, 9.17) is 11.6 Å². The number of hydrogen-bond donors (Lipinski definition) is 0. The van der Waals surface area contributed by atoms with E-state index in [0.717, 1.165) is 0 Å². The van der Waals surface area contributed by atoms with Crippen molar-refractivity contribution in [2.24, 2.45) is 0 Å². The topological polar surface area (TPSA) is 40.6 Å². The van der Waals surface area contributed by atoms with Crippen LogP contribution in [0.3, 0.4) is 0 Å². The molecule has 0 aromatic heterocycles. The summed E-state index contributed by atoms with van der Waals surface area (Å²) in [7, 11) is 0. The number of hydrogen-bond acceptors (Lipinski definition) is 2. The Bertz CT molecular complexity index is 250. The third-order valence-corrected chi connectivity index (χ3v) is 3.16. The van der Waals surface area contributed by atoms with Crippen LogP contribution < -0.4 is 0 Å². The first kappa shape index (κ1) is 12.3. The molecule has 0 bridgehead atoms. The lowest BCUT2D eigenvalue weighted by molar-refractivity contribution is -0.138. The first-order valence-electron chi connectivity index (χ1n) is 5.24. The number of halogens is 1. The summed E-state index contributed by atoms with van der Waals surface area (Å²) in [4.78, 5) is 26.2. The molecule has 0 aliphatic carbocycles.